The molecule has 0 aliphatic heterocycles. The van der Waals surface area contributed by atoms with Crippen LogP contribution in [0.5, 0.6) is 5.75 Å². The Hall–Kier alpha value is -1.19. The summed E-state index contributed by atoms with van der Waals surface area (Å²) < 4.78 is 41.8. The van der Waals surface area contributed by atoms with Gasteiger partial charge in [-0.2, -0.15) is 13.2 Å². The molecule has 13 heavy (non-hydrogen) atoms. The Labute approximate surface area is 74.1 Å². The second-order valence-electron chi connectivity index (χ2n) is 2.58. The third-order valence-electron chi connectivity index (χ3n) is 1.66. The lowest BCUT2D eigenvalue weighted by atomic mass is 10.1. The highest BCUT2D eigenvalue weighted by Gasteiger charge is 2.35. The molecular formula is C9H8F3O. The number of methoxy groups -OCH3 is 1. The Morgan fingerprint density at radius 2 is 1.92 bits per heavy atom. The van der Waals surface area contributed by atoms with Crippen molar-refractivity contribution in [1.82, 2.24) is 0 Å². The summed E-state index contributed by atoms with van der Waals surface area (Å²) in [7, 11) is 1.21. The minimum Gasteiger partial charge on any atom is -0.496 e. The van der Waals surface area contributed by atoms with Crippen molar-refractivity contribution in [2.45, 2.75) is 13.1 Å². The molecule has 0 aliphatic rings. The Morgan fingerprint density at radius 1 is 1.31 bits per heavy atom. The van der Waals surface area contributed by atoms with E-state index >= 15 is 0 Å². The topological polar surface area (TPSA) is 9.23 Å². The minimum atomic E-state index is -4.37. The maximum atomic E-state index is 12.4. The smallest absolute Gasteiger partial charge is 0.420 e. The van der Waals surface area contributed by atoms with Crippen LogP contribution < -0.4 is 4.74 Å². The summed E-state index contributed by atoms with van der Waals surface area (Å²) in [5, 5.41) is 0. The third-order valence-corrected chi connectivity index (χ3v) is 1.66. The molecule has 0 saturated carbocycles. The van der Waals surface area contributed by atoms with E-state index in [-0.39, 0.29) is 11.3 Å². The zero-order valence-corrected chi connectivity index (χ0v) is 7.20. The normalized spacial score (nSPS) is 11.5. The maximum absolute atomic E-state index is 12.4. The molecule has 0 bridgehead atoms. The Balaban J connectivity index is 3.32. The van der Waals surface area contributed by atoms with Gasteiger partial charge in [0.2, 0.25) is 0 Å². The van der Waals surface area contributed by atoms with Crippen molar-refractivity contribution in [3.8, 4) is 5.75 Å². The van der Waals surface area contributed by atoms with Crippen LogP contribution in [0, 0.1) is 13.0 Å². The average Bonchev–Trinajstić information content (AvgIpc) is 2.01. The Morgan fingerprint density at radius 3 is 2.31 bits per heavy atom. The fourth-order valence-electron chi connectivity index (χ4n) is 1.11. The molecule has 1 rings (SSSR count). The van der Waals surface area contributed by atoms with E-state index < -0.39 is 11.7 Å². The zero-order chi connectivity index (χ0) is 10.1. The van der Waals surface area contributed by atoms with Gasteiger partial charge >= 0.3 is 6.18 Å². The minimum absolute atomic E-state index is 0.117. The monoisotopic (exact) mass is 189 g/mol. The SMILES string of the molecule is COc1c[c]cc(C)c1C(F)(F)F. The van der Waals surface area contributed by atoms with E-state index in [0.717, 1.165) is 0 Å². The van der Waals surface area contributed by atoms with E-state index in [2.05, 4.69) is 10.8 Å². The Bertz CT molecular complexity index is 304. The molecule has 0 heterocycles. The largest absolute Gasteiger partial charge is 0.496 e. The van der Waals surface area contributed by atoms with Crippen molar-refractivity contribution >= 4 is 0 Å². The molecule has 0 atom stereocenters. The van der Waals surface area contributed by atoms with Gasteiger partial charge in [-0.3, -0.25) is 0 Å². The predicted octanol–water partition coefficient (Wildman–Crippen LogP) is 2.82. The number of benzene rings is 1. The van der Waals surface area contributed by atoms with Gasteiger partial charge in [0.15, 0.2) is 0 Å². The lowest BCUT2D eigenvalue weighted by Crippen LogP contribution is -2.09. The zero-order valence-electron chi connectivity index (χ0n) is 7.20. The van der Waals surface area contributed by atoms with Crippen LogP contribution in [0.4, 0.5) is 13.2 Å². The van der Waals surface area contributed by atoms with Gasteiger partial charge in [0, 0.05) is 0 Å². The highest BCUT2D eigenvalue weighted by molar-refractivity contribution is 5.41. The number of ether oxygens (including phenoxy) is 1. The lowest BCUT2D eigenvalue weighted by molar-refractivity contribution is -0.139. The summed E-state index contributed by atoms with van der Waals surface area (Å²) in [6.45, 7) is 1.38. The number of alkyl halides is 3. The van der Waals surface area contributed by atoms with E-state index in [1.165, 1.54) is 26.2 Å². The van der Waals surface area contributed by atoms with Crippen molar-refractivity contribution < 1.29 is 17.9 Å². The molecule has 71 valence electrons. The molecule has 0 saturated heterocycles. The highest BCUT2D eigenvalue weighted by atomic mass is 19.4. The molecule has 1 nitrogen and oxygen atoms in total. The van der Waals surface area contributed by atoms with Crippen molar-refractivity contribution in [3.63, 3.8) is 0 Å². The van der Waals surface area contributed by atoms with Crippen LogP contribution in [0.15, 0.2) is 12.1 Å². The first kappa shape index (κ1) is 9.89. The standard InChI is InChI=1S/C9H8F3O/c1-6-4-3-5-7(13-2)8(6)9(10,11)12/h4-5H,1-2H3. The lowest BCUT2D eigenvalue weighted by Gasteiger charge is -2.13. The van der Waals surface area contributed by atoms with E-state index in [1.807, 2.05) is 0 Å². The molecule has 1 aromatic carbocycles. The summed E-state index contributed by atoms with van der Waals surface area (Å²) in [5.74, 6) is -0.187. The molecule has 0 amide bonds. The molecule has 0 aromatic heterocycles. The third kappa shape index (κ3) is 1.94. The molecule has 0 N–H and O–H groups in total. The van der Waals surface area contributed by atoms with Gasteiger partial charge in [0.25, 0.3) is 0 Å². The summed E-state index contributed by atoms with van der Waals surface area (Å²) in [6.07, 6.45) is -4.37. The van der Waals surface area contributed by atoms with E-state index in [1.54, 1.807) is 0 Å². The molecule has 0 spiro atoms. The molecule has 0 fully saturated rings. The quantitative estimate of drug-likeness (QED) is 0.660. The van der Waals surface area contributed by atoms with Gasteiger partial charge < -0.3 is 4.74 Å². The van der Waals surface area contributed by atoms with Gasteiger partial charge in [-0.25, -0.2) is 0 Å². The summed E-state index contributed by atoms with van der Waals surface area (Å²) in [6, 6.07) is 5.03. The van der Waals surface area contributed by atoms with Crippen molar-refractivity contribution in [3.05, 3.63) is 29.3 Å². The van der Waals surface area contributed by atoms with E-state index in [4.69, 9.17) is 0 Å². The molecule has 1 radical (unpaired) electrons. The number of aryl methyl sites for hydroxylation is 1. The van der Waals surface area contributed by atoms with Crippen molar-refractivity contribution in [2.24, 2.45) is 0 Å². The molecule has 0 unspecified atom stereocenters. The summed E-state index contributed by atoms with van der Waals surface area (Å²) in [4.78, 5) is 0. The highest BCUT2D eigenvalue weighted by Crippen LogP contribution is 2.37. The van der Waals surface area contributed by atoms with Gasteiger partial charge in [0.05, 0.1) is 7.11 Å². The first-order valence-corrected chi connectivity index (χ1v) is 3.58. The number of halogens is 3. The van der Waals surface area contributed by atoms with Crippen LogP contribution in [0.2, 0.25) is 0 Å². The number of rotatable bonds is 1. The molecule has 1 aromatic rings. The van der Waals surface area contributed by atoms with Crippen molar-refractivity contribution in [2.75, 3.05) is 7.11 Å². The van der Waals surface area contributed by atoms with E-state index in [9.17, 15) is 13.2 Å². The summed E-state index contributed by atoms with van der Waals surface area (Å²) in [5.41, 5.74) is -0.611. The molecule has 0 aliphatic carbocycles. The maximum Gasteiger partial charge on any atom is 0.420 e. The van der Waals surface area contributed by atoms with E-state index in [0.29, 0.717) is 0 Å². The van der Waals surface area contributed by atoms with Gasteiger partial charge in [-0.05, 0) is 24.6 Å². The van der Waals surface area contributed by atoms with Gasteiger partial charge in [-0.1, -0.05) is 6.07 Å². The fraction of sp³-hybridized carbons (Fsp3) is 0.333. The predicted molar refractivity (Wildman–Crippen MR) is 41.6 cm³/mol. The van der Waals surface area contributed by atoms with Crippen LogP contribution in [0.25, 0.3) is 0 Å². The molecular weight excluding hydrogens is 181 g/mol. The first-order chi connectivity index (χ1) is 5.96. The van der Waals surface area contributed by atoms with Crippen LogP contribution in [-0.4, -0.2) is 7.11 Å². The second-order valence-corrected chi connectivity index (χ2v) is 2.58. The number of hydrogen-bond acceptors (Lipinski definition) is 1. The second kappa shape index (κ2) is 3.28. The van der Waals surface area contributed by atoms with Crippen LogP contribution in [0.3, 0.4) is 0 Å². The summed E-state index contributed by atoms with van der Waals surface area (Å²) >= 11 is 0. The average molecular weight is 189 g/mol. The van der Waals surface area contributed by atoms with Crippen LogP contribution in [0.1, 0.15) is 11.1 Å². The van der Waals surface area contributed by atoms with Crippen molar-refractivity contribution in [1.29, 1.82) is 0 Å². The van der Waals surface area contributed by atoms with Crippen LogP contribution in [-0.2, 0) is 6.18 Å². The van der Waals surface area contributed by atoms with Gasteiger partial charge in [0.1, 0.15) is 11.3 Å². The molecule has 4 heteroatoms. The Kier molecular flexibility index (Phi) is 2.50. The first-order valence-electron chi connectivity index (χ1n) is 3.58. The van der Waals surface area contributed by atoms with Gasteiger partial charge in [-0.15, -0.1) is 0 Å². The number of hydrogen-bond donors (Lipinski definition) is 0. The fourth-order valence-corrected chi connectivity index (χ4v) is 1.11. The van der Waals surface area contributed by atoms with Crippen LogP contribution >= 0.6 is 0 Å².